The van der Waals surface area contributed by atoms with E-state index in [2.05, 4.69) is 39.7 Å². The number of guanidine groups is 1. The molecular weight excluding hydrogens is 383 g/mol. The fraction of sp³-hybridized carbons (Fsp3) is 0.571. The topological polar surface area (TPSA) is 49.3 Å². The Hall–Kier alpha value is -0.630. The Balaban J connectivity index is 0.00000361. The Kier molecular flexibility index (Phi) is 10.7. The number of hydrogen-bond acceptors (Lipinski definition) is 3. The summed E-state index contributed by atoms with van der Waals surface area (Å²) in [5.41, 5.74) is 1.09. The summed E-state index contributed by atoms with van der Waals surface area (Å²) in [6.45, 7) is 10.6. The Bertz CT molecular complexity index is 440. The maximum atomic E-state index is 4.60. The maximum absolute atomic E-state index is 4.60. The van der Waals surface area contributed by atoms with Crippen molar-refractivity contribution in [1.82, 2.24) is 15.6 Å². The van der Waals surface area contributed by atoms with Gasteiger partial charge in [-0.15, -0.1) is 35.3 Å². The number of thiazole rings is 1. The highest BCUT2D eigenvalue weighted by Crippen LogP contribution is 2.17. The van der Waals surface area contributed by atoms with Crippen LogP contribution < -0.4 is 10.6 Å². The van der Waals surface area contributed by atoms with Crippen LogP contribution in [0, 0.1) is 13.8 Å². The lowest BCUT2D eigenvalue weighted by atomic mass is 10.4. The molecule has 20 heavy (non-hydrogen) atoms. The van der Waals surface area contributed by atoms with Crippen LogP contribution in [0.25, 0.3) is 0 Å². The molecule has 0 saturated heterocycles. The van der Waals surface area contributed by atoms with Crippen molar-refractivity contribution in [3.63, 3.8) is 0 Å². The van der Waals surface area contributed by atoms with E-state index in [1.54, 1.807) is 11.3 Å². The third kappa shape index (κ3) is 7.23. The number of nitrogens with one attached hydrogen (secondary N) is 2. The second kappa shape index (κ2) is 11.1. The van der Waals surface area contributed by atoms with E-state index in [0.29, 0.717) is 6.54 Å². The zero-order chi connectivity index (χ0) is 14.1. The maximum Gasteiger partial charge on any atom is 0.191 e. The largest absolute Gasteiger partial charge is 0.357 e. The average molecular weight is 408 g/mol. The van der Waals surface area contributed by atoms with Crippen LogP contribution in [0.1, 0.15) is 35.8 Å². The summed E-state index contributed by atoms with van der Waals surface area (Å²) >= 11 is 1.72. The first kappa shape index (κ1) is 19.4. The van der Waals surface area contributed by atoms with Gasteiger partial charge in [-0.25, -0.2) is 9.98 Å². The standard InChI is InChI=1S/C14H24N4S.HI/c1-5-7-8-9-16-14(15-6-2)17-10-13-11(3)18-12(4)19-13;/h5,7H,6,8-10H2,1-4H3,(H2,15,16,17);1H/b7-5+;. The predicted molar refractivity (Wildman–Crippen MR) is 99.3 cm³/mol. The number of rotatable bonds is 6. The molecule has 0 amide bonds. The summed E-state index contributed by atoms with van der Waals surface area (Å²) in [6, 6.07) is 0. The summed E-state index contributed by atoms with van der Waals surface area (Å²) in [5.74, 6) is 0.873. The van der Waals surface area contributed by atoms with E-state index in [4.69, 9.17) is 0 Å². The van der Waals surface area contributed by atoms with Gasteiger partial charge in [-0.3, -0.25) is 0 Å². The van der Waals surface area contributed by atoms with Crippen molar-refractivity contribution in [2.75, 3.05) is 13.1 Å². The highest BCUT2D eigenvalue weighted by Gasteiger charge is 2.04. The second-order valence-corrected chi connectivity index (χ2v) is 5.51. The van der Waals surface area contributed by atoms with E-state index in [-0.39, 0.29) is 24.0 Å². The van der Waals surface area contributed by atoms with Crippen LogP contribution in [0.2, 0.25) is 0 Å². The van der Waals surface area contributed by atoms with E-state index < -0.39 is 0 Å². The van der Waals surface area contributed by atoms with Gasteiger partial charge in [0.25, 0.3) is 0 Å². The molecule has 114 valence electrons. The van der Waals surface area contributed by atoms with Crippen molar-refractivity contribution < 1.29 is 0 Å². The average Bonchev–Trinajstić information content (AvgIpc) is 2.70. The molecule has 1 aromatic rings. The lowest BCUT2D eigenvalue weighted by molar-refractivity contribution is 0.810. The molecular formula is C14H25IN4S. The number of nitrogens with zero attached hydrogens (tertiary/aromatic N) is 2. The monoisotopic (exact) mass is 408 g/mol. The molecule has 0 aliphatic carbocycles. The molecule has 1 rings (SSSR count). The van der Waals surface area contributed by atoms with Gasteiger partial charge in [0.15, 0.2) is 5.96 Å². The van der Waals surface area contributed by atoms with Crippen LogP contribution in [-0.4, -0.2) is 24.0 Å². The number of aryl methyl sites for hydroxylation is 2. The Labute approximate surface area is 143 Å². The van der Waals surface area contributed by atoms with Gasteiger partial charge in [0.05, 0.1) is 17.2 Å². The molecule has 0 unspecified atom stereocenters. The molecule has 0 atom stereocenters. The molecule has 0 saturated carbocycles. The lowest BCUT2D eigenvalue weighted by Gasteiger charge is -2.09. The molecule has 1 aromatic heterocycles. The fourth-order valence-electron chi connectivity index (χ4n) is 1.65. The van der Waals surface area contributed by atoms with E-state index in [0.717, 1.165) is 36.2 Å². The van der Waals surface area contributed by atoms with E-state index in [1.165, 1.54) is 4.88 Å². The van der Waals surface area contributed by atoms with Gasteiger partial charge < -0.3 is 10.6 Å². The molecule has 0 aliphatic rings. The number of allylic oxidation sites excluding steroid dienone is 1. The van der Waals surface area contributed by atoms with Gasteiger partial charge in [-0.2, -0.15) is 0 Å². The van der Waals surface area contributed by atoms with Crippen molar-refractivity contribution in [2.45, 2.75) is 40.7 Å². The molecule has 0 bridgehead atoms. The van der Waals surface area contributed by atoms with Crippen molar-refractivity contribution in [3.05, 3.63) is 27.7 Å². The van der Waals surface area contributed by atoms with Crippen LogP contribution in [0.4, 0.5) is 0 Å². The van der Waals surface area contributed by atoms with Crippen molar-refractivity contribution in [1.29, 1.82) is 0 Å². The lowest BCUT2D eigenvalue weighted by Crippen LogP contribution is -2.37. The van der Waals surface area contributed by atoms with Crippen molar-refractivity contribution >= 4 is 41.3 Å². The van der Waals surface area contributed by atoms with Gasteiger partial charge in [-0.1, -0.05) is 12.2 Å². The summed E-state index contributed by atoms with van der Waals surface area (Å²) in [7, 11) is 0. The molecule has 6 heteroatoms. The van der Waals surface area contributed by atoms with Crippen molar-refractivity contribution in [2.24, 2.45) is 4.99 Å². The smallest absolute Gasteiger partial charge is 0.191 e. The molecule has 0 aliphatic heterocycles. The predicted octanol–water partition coefficient (Wildman–Crippen LogP) is 3.40. The summed E-state index contributed by atoms with van der Waals surface area (Å²) in [4.78, 5) is 10.3. The summed E-state index contributed by atoms with van der Waals surface area (Å²) in [5, 5.41) is 7.68. The SMILES string of the molecule is C/C=C/CCNC(=NCc1sc(C)nc1C)NCC.I. The first-order valence-corrected chi connectivity index (χ1v) is 7.55. The number of hydrogen-bond donors (Lipinski definition) is 2. The molecule has 2 N–H and O–H groups in total. The van der Waals surface area contributed by atoms with Gasteiger partial charge in [0.2, 0.25) is 0 Å². The Morgan fingerprint density at radius 1 is 1.35 bits per heavy atom. The van der Waals surface area contributed by atoms with Gasteiger partial charge >= 0.3 is 0 Å². The highest BCUT2D eigenvalue weighted by molar-refractivity contribution is 14.0. The minimum Gasteiger partial charge on any atom is -0.357 e. The fourth-order valence-corrected chi connectivity index (χ4v) is 2.51. The summed E-state index contributed by atoms with van der Waals surface area (Å²) < 4.78 is 0. The van der Waals surface area contributed by atoms with E-state index in [1.807, 2.05) is 20.8 Å². The Morgan fingerprint density at radius 2 is 2.10 bits per heavy atom. The quantitative estimate of drug-likeness (QED) is 0.249. The van der Waals surface area contributed by atoms with Crippen LogP contribution in [-0.2, 0) is 6.54 Å². The first-order chi connectivity index (χ1) is 9.17. The van der Waals surface area contributed by atoms with Gasteiger partial charge in [0, 0.05) is 18.0 Å². The third-order valence-electron chi connectivity index (χ3n) is 2.56. The molecule has 0 aromatic carbocycles. The molecule has 0 spiro atoms. The van der Waals surface area contributed by atoms with Crippen LogP contribution in [0.5, 0.6) is 0 Å². The van der Waals surface area contributed by atoms with Gasteiger partial charge in [-0.05, 0) is 34.1 Å². The zero-order valence-electron chi connectivity index (χ0n) is 12.7. The van der Waals surface area contributed by atoms with Crippen molar-refractivity contribution in [3.8, 4) is 0 Å². The normalized spacial score (nSPS) is 11.5. The van der Waals surface area contributed by atoms with Crippen LogP contribution >= 0.6 is 35.3 Å². The number of halogens is 1. The first-order valence-electron chi connectivity index (χ1n) is 6.73. The highest BCUT2D eigenvalue weighted by atomic mass is 127. The summed E-state index contributed by atoms with van der Waals surface area (Å²) in [6.07, 6.45) is 5.22. The van der Waals surface area contributed by atoms with E-state index in [9.17, 15) is 0 Å². The minimum atomic E-state index is 0. The van der Waals surface area contributed by atoms with E-state index >= 15 is 0 Å². The number of aromatic nitrogens is 1. The zero-order valence-corrected chi connectivity index (χ0v) is 15.8. The van der Waals surface area contributed by atoms with Crippen LogP contribution in [0.15, 0.2) is 17.1 Å². The molecule has 0 fully saturated rings. The Morgan fingerprint density at radius 3 is 2.65 bits per heavy atom. The third-order valence-corrected chi connectivity index (χ3v) is 3.62. The van der Waals surface area contributed by atoms with Gasteiger partial charge in [0.1, 0.15) is 0 Å². The second-order valence-electron chi connectivity index (χ2n) is 4.22. The molecule has 1 heterocycles. The number of aliphatic imine (C=N–C) groups is 1. The molecule has 0 radical (unpaired) electrons. The van der Waals surface area contributed by atoms with Crippen LogP contribution in [0.3, 0.4) is 0 Å². The minimum absolute atomic E-state index is 0. The molecule has 4 nitrogen and oxygen atoms in total.